The third kappa shape index (κ3) is 7.25. The van der Waals surface area contributed by atoms with Gasteiger partial charge in [-0.1, -0.05) is 0 Å². The predicted molar refractivity (Wildman–Crippen MR) is 141 cm³/mol. The van der Waals surface area contributed by atoms with Crippen molar-refractivity contribution < 1.29 is 41.8 Å². The highest BCUT2D eigenvalue weighted by Crippen LogP contribution is 2.29. The lowest BCUT2D eigenvalue weighted by atomic mass is 9.89. The number of ether oxygens (including phenoxy) is 2. The summed E-state index contributed by atoms with van der Waals surface area (Å²) in [6.07, 6.45) is 0.264. The summed E-state index contributed by atoms with van der Waals surface area (Å²) in [5, 5.41) is 14.6. The minimum absolute atomic E-state index is 0.0125. The second kappa shape index (κ2) is 12.6. The summed E-state index contributed by atoms with van der Waals surface area (Å²) in [5.41, 5.74) is 0.412. The topological polar surface area (TPSA) is 163 Å². The molecule has 4 rings (SSSR count). The molecule has 12 nitrogen and oxygen atoms in total. The molecule has 1 unspecified atom stereocenters. The summed E-state index contributed by atoms with van der Waals surface area (Å²) in [7, 11) is -2.59. The van der Waals surface area contributed by atoms with Gasteiger partial charge in [-0.2, -0.15) is 0 Å². The summed E-state index contributed by atoms with van der Waals surface area (Å²) in [6, 6.07) is 7.64. The molecule has 216 valence electrons. The van der Waals surface area contributed by atoms with Crippen LogP contribution in [0.15, 0.2) is 47.4 Å². The van der Waals surface area contributed by atoms with Crippen molar-refractivity contribution in [1.82, 2.24) is 14.9 Å². The lowest BCUT2D eigenvalue weighted by Gasteiger charge is -2.32. The SMILES string of the molecule is COc1cc(NC(=O)C(CC2CCN(C(=O)O)CC2)NC(=O)c2ccc(F)cc2)ccc1S(=O)(=O)NC1COC1. The van der Waals surface area contributed by atoms with Crippen LogP contribution < -0.4 is 20.1 Å². The molecule has 2 heterocycles. The van der Waals surface area contributed by atoms with E-state index in [1.54, 1.807) is 0 Å². The van der Waals surface area contributed by atoms with Gasteiger partial charge in [0.2, 0.25) is 15.9 Å². The van der Waals surface area contributed by atoms with Crippen LogP contribution in [-0.2, 0) is 19.6 Å². The van der Waals surface area contributed by atoms with Crippen LogP contribution in [0.5, 0.6) is 5.75 Å². The Morgan fingerprint density at radius 3 is 2.38 bits per heavy atom. The molecule has 0 radical (unpaired) electrons. The maximum absolute atomic E-state index is 13.4. The van der Waals surface area contributed by atoms with Crippen molar-refractivity contribution in [3.8, 4) is 5.75 Å². The molecular weight excluding hydrogens is 547 g/mol. The maximum Gasteiger partial charge on any atom is 0.407 e. The number of amides is 3. The number of methoxy groups -OCH3 is 1. The van der Waals surface area contributed by atoms with E-state index in [1.165, 1.54) is 42.3 Å². The van der Waals surface area contributed by atoms with E-state index in [4.69, 9.17) is 9.47 Å². The smallest absolute Gasteiger partial charge is 0.407 e. The van der Waals surface area contributed by atoms with Crippen LogP contribution >= 0.6 is 0 Å². The molecule has 2 aliphatic heterocycles. The number of halogens is 1. The number of rotatable bonds is 10. The van der Waals surface area contributed by atoms with Gasteiger partial charge < -0.3 is 30.1 Å². The predicted octanol–water partition coefficient (Wildman–Crippen LogP) is 2.03. The van der Waals surface area contributed by atoms with Crippen LogP contribution in [0, 0.1) is 11.7 Å². The first-order valence-corrected chi connectivity index (χ1v) is 14.2. The second-order valence-corrected chi connectivity index (χ2v) is 11.4. The fraction of sp³-hybridized carbons (Fsp3) is 0.423. The van der Waals surface area contributed by atoms with E-state index < -0.39 is 39.8 Å². The highest BCUT2D eigenvalue weighted by molar-refractivity contribution is 7.89. The molecule has 3 amide bonds. The molecule has 14 heteroatoms. The molecule has 2 saturated heterocycles. The third-order valence-electron chi connectivity index (χ3n) is 6.86. The Morgan fingerprint density at radius 2 is 1.80 bits per heavy atom. The van der Waals surface area contributed by atoms with E-state index in [-0.39, 0.29) is 53.5 Å². The van der Waals surface area contributed by atoms with E-state index in [2.05, 4.69) is 15.4 Å². The number of carboxylic acid groups (broad SMARTS) is 1. The van der Waals surface area contributed by atoms with Gasteiger partial charge >= 0.3 is 6.09 Å². The Labute approximate surface area is 230 Å². The molecule has 0 aromatic heterocycles. The first-order chi connectivity index (χ1) is 19.1. The zero-order chi connectivity index (χ0) is 28.9. The van der Waals surface area contributed by atoms with Crippen molar-refractivity contribution in [3.63, 3.8) is 0 Å². The Morgan fingerprint density at radius 1 is 1.12 bits per heavy atom. The first-order valence-electron chi connectivity index (χ1n) is 12.7. The maximum atomic E-state index is 13.4. The largest absolute Gasteiger partial charge is 0.495 e. The van der Waals surface area contributed by atoms with Crippen molar-refractivity contribution >= 4 is 33.6 Å². The van der Waals surface area contributed by atoms with Gasteiger partial charge in [-0.3, -0.25) is 9.59 Å². The number of hydrogen-bond donors (Lipinski definition) is 4. The summed E-state index contributed by atoms with van der Waals surface area (Å²) in [5.74, 6) is -1.67. The average Bonchev–Trinajstić information content (AvgIpc) is 2.91. The van der Waals surface area contributed by atoms with Crippen LogP contribution in [0.25, 0.3) is 0 Å². The van der Waals surface area contributed by atoms with Gasteiger partial charge in [0.05, 0.1) is 26.4 Å². The minimum atomic E-state index is -3.90. The van der Waals surface area contributed by atoms with E-state index in [9.17, 15) is 32.3 Å². The number of likely N-dealkylation sites (tertiary alicyclic amines) is 1. The van der Waals surface area contributed by atoms with Gasteiger partial charge in [-0.05, 0) is 61.6 Å². The first kappa shape index (κ1) is 29.2. The normalized spacial score (nSPS) is 17.0. The molecule has 2 aromatic carbocycles. The van der Waals surface area contributed by atoms with Crippen LogP contribution in [0.2, 0.25) is 0 Å². The number of carbonyl (C=O) groups excluding carboxylic acids is 2. The summed E-state index contributed by atoms with van der Waals surface area (Å²) >= 11 is 0. The third-order valence-corrected chi connectivity index (χ3v) is 8.42. The fourth-order valence-electron chi connectivity index (χ4n) is 4.55. The van der Waals surface area contributed by atoms with Gasteiger partial charge in [-0.25, -0.2) is 22.3 Å². The number of piperidine rings is 1. The zero-order valence-electron chi connectivity index (χ0n) is 21.8. The van der Waals surface area contributed by atoms with E-state index in [1.807, 2.05) is 0 Å². The number of nitrogens with one attached hydrogen (secondary N) is 3. The van der Waals surface area contributed by atoms with Crippen molar-refractivity contribution in [2.75, 3.05) is 38.7 Å². The van der Waals surface area contributed by atoms with E-state index in [0.717, 1.165) is 12.1 Å². The number of hydrogen-bond acceptors (Lipinski definition) is 7. The van der Waals surface area contributed by atoms with Gasteiger partial charge in [0, 0.05) is 30.4 Å². The van der Waals surface area contributed by atoms with Gasteiger partial charge in [0.15, 0.2) is 0 Å². The lowest BCUT2D eigenvalue weighted by Crippen LogP contribution is -2.48. The molecule has 2 aromatic rings. The molecule has 0 spiro atoms. The zero-order valence-corrected chi connectivity index (χ0v) is 22.6. The molecular formula is C26H31FN4O8S. The van der Waals surface area contributed by atoms with Crippen LogP contribution in [0.3, 0.4) is 0 Å². The number of benzene rings is 2. The lowest BCUT2D eigenvalue weighted by molar-refractivity contribution is -0.118. The molecule has 40 heavy (non-hydrogen) atoms. The molecule has 1 atom stereocenters. The molecule has 0 aliphatic carbocycles. The molecule has 2 fully saturated rings. The number of carbonyl (C=O) groups is 3. The van der Waals surface area contributed by atoms with Crippen LogP contribution in [0.4, 0.5) is 14.9 Å². The van der Waals surface area contributed by atoms with Gasteiger partial charge in [0.25, 0.3) is 5.91 Å². The molecule has 0 bridgehead atoms. The van der Waals surface area contributed by atoms with Crippen LogP contribution in [-0.4, -0.2) is 81.8 Å². The number of nitrogens with zero attached hydrogens (tertiary/aromatic N) is 1. The summed E-state index contributed by atoms with van der Waals surface area (Å²) < 4.78 is 51.7. The average molecular weight is 579 g/mol. The second-order valence-electron chi connectivity index (χ2n) is 9.69. The Kier molecular flexibility index (Phi) is 9.22. The Balaban J connectivity index is 1.50. The van der Waals surface area contributed by atoms with Crippen molar-refractivity contribution in [2.24, 2.45) is 5.92 Å². The van der Waals surface area contributed by atoms with Crippen molar-refractivity contribution in [1.29, 1.82) is 0 Å². The Hall–Kier alpha value is -3.75. The standard InChI is InChI=1S/C26H31FN4O8S/c1-38-22-13-19(6-7-23(22)40(36,37)30-20-14-39-15-20)28-25(33)21(12-16-8-10-31(11-9-16)26(34)35)29-24(32)17-2-4-18(27)5-3-17/h2-7,13,16,20-21,30H,8-12,14-15H2,1H3,(H,28,33)(H,29,32)(H,34,35). The van der Waals surface area contributed by atoms with Crippen LogP contribution in [0.1, 0.15) is 29.6 Å². The quantitative estimate of drug-likeness (QED) is 0.333. The van der Waals surface area contributed by atoms with Gasteiger partial charge in [0.1, 0.15) is 22.5 Å². The van der Waals surface area contributed by atoms with Crippen molar-refractivity contribution in [3.05, 3.63) is 53.8 Å². The summed E-state index contributed by atoms with van der Waals surface area (Å²) in [4.78, 5) is 38.7. The van der Waals surface area contributed by atoms with Gasteiger partial charge in [-0.15, -0.1) is 0 Å². The van der Waals surface area contributed by atoms with Crippen molar-refractivity contribution in [2.45, 2.75) is 36.2 Å². The number of sulfonamides is 1. The molecule has 0 saturated carbocycles. The fourth-order valence-corrected chi connectivity index (χ4v) is 5.91. The minimum Gasteiger partial charge on any atom is -0.495 e. The molecule has 4 N–H and O–H groups in total. The van der Waals surface area contributed by atoms with E-state index in [0.29, 0.717) is 25.9 Å². The van der Waals surface area contributed by atoms with E-state index >= 15 is 0 Å². The highest BCUT2D eigenvalue weighted by atomic mass is 32.2. The Bertz CT molecular complexity index is 1340. The molecule has 2 aliphatic rings. The monoisotopic (exact) mass is 578 g/mol. The highest BCUT2D eigenvalue weighted by Gasteiger charge is 2.31. The number of anilines is 1. The summed E-state index contributed by atoms with van der Waals surface area (Å²) in [6.45, 7) is 1.18.